The smallest absolute Gasteiger partial charge is 0.251 e. The van der Waals surface area contributed by atoms with Gasteiger partial charge in [-0.25, -0.2) is 0 Å². The summed E-state index contributed by atoms with van der Waals surface area (Å²) < 4.78 is 1.92. The lowest BCUT2D eigenvalue weighted by molar-refractivity contribution is -0.119. The maximum absolute atomic E-state index is 12.0. The molecule has 3 N–H and O–H groups in total. The lowest BCUT2D eigenvalue weighted by atomic mass is 10.1. The highest BCUT2D eigenvalue weighted by atomic mass is 16.2. The molecule has 0 saturated heterocycles. The number of nitrogens with two attached hydrogens (primary N) is 1. The van der Waals surface area contributed by atoms with Gasteiger partial charge in [-0.2, -0.15) is 5.10 Å². The second-order valence-electron chi connectivity index (χ2n) is 5.38. The predicted molar refractivity (Wildman–Crippen MR) is 83.4 cm³/mol. The molecule has 2 aromatic rings. The number of rotatable bonds is 5. The van der Waals surface area contributed by atoms with Crippen LogP contribution in [0.15, 0.2) is 30.3 Å². The second-order valence-corrected chi connectivity index (χ2v) is 5.38. The first-order valence-electron chi connectivity index (χ1n) is 7.07. The van der Waals surface area contributed by atoms with Crippen LogP contribution in [0.2, 0.25) is 0 Å². The third-order valence-electron chi connectivity index (χ3n) is 3.43. The summed E-state index contributed by atoms with van der Waals surface area (Å²) in [6.45, 7) is 6.17. The first-order chi connectivity index (χ1) is 10.4. The molecule has 0 fully saturated rings. The monoisotopic (exact) mass is 300 g/mol. The zero-order valence-electron chi connectivity index (χ0n) is 13.0. The summed E-state index contributed by atoms with van der Waals surface area (Å²) in [5.74, 6) is -0.876. The van der Waals surface area contributed by atoms with E-state index in [1.165, 1.54) is 0 Å². The normalized spacial score (nSPS) is 12.0. The fourth-order valence-electron chi connectivity index (χ4n) is 2.12. The summed E-state index contributed by atoms with van der Waals surface area (Å²) >= 11 is 0. The highest BCUT2D eigenvalue weighted by Gasteiger charge is 2.13. The van der Waals surface area contributed by atoms with Gasteiger partial charge in [0.25, 0.3) is 5.91 Å². The number of aromatic nitrogens is 2. The van der Waals surface area contributed by atoms with Crippen LogP contribution in [0.1, 0.15) is 34.2 Å². The van der Waals surface area contributed by atoms with Crippen LogP contribution in [0, 0.1) is 13.8 Å². The van der Waals surface area contributed by atoms with E-state index in [1.807, 2.05) is 36.7 Å². The summed E-state index contributed by atoms with van der Waals surface area (Å²) in [6.07, 6.45) is 0. The molecule has 0 bridgehead atoms. The van der Waals surface area contributed by atoms with Crippen molar-refractivity contribution in [2.24, 2.45) is 5.73 Å². The molecule has 0 radical (unpaired) electrons. The topological polar surface area (TPSA) is 90.0 Å². The molecule has 0 saturated carbocycles. The van der Waals surface area contributed by atoms with Gasteiger partial charge in [-0.3, -0.25) is 14.3 Å². The number of nitrogens with one attached hydrogen (secondary N) is 1. The Morgan fingerprint density at radius 3 is 2.41 bits per heavy atom. The minimum atomic E-state index is -0.693. The van der Waals surface area contributed by atoms with Gasteiger partial charge in [0.15, 0.2) is 0 Å². The highest BCUT2D eigenvalue weighted by Crippen LogP contribution is 2.09. The van der Waals surface area contributed by atoms with Gasteiger partial charge in [-0.15, -0.1) is 0 Å². The minimum Gasteiger partial charge on any atom is -0.368 e. The maximum atomic E-state index is 12.0. The molecule has 0 aliphatic heterocycles. The Hall–Kier alpha value is -2.63. The molecule has 1 aromatic carbocycles. The highest BCUT2D eigenvalue weighted by molar-refractivity contribution is 5.97. The average molecular weight is 300 g/mol. The standard InChI is InChI=1S/C16H20N4O2/c1-10-8-11(2)20(19-10)9-13-4-6-14(7-5-13)16(22)18-12(3)15(17)21/h4-8,12H,9H2,1-3H3,(H2,17,21)(H,18,22)/t12-/m0/s1. The van der Waals surface area contributed by atoms with Gasteiger partial charge < -0.3 is 11.1 Å². The number of carbonyl (C=O) groups is 2. The van der Waals surface area contributed by atoms with Gasteiger partial charge in [0.05, 0.1) is 12.2 Å². The molecular formula is C16H20N4O2. The van der Waals surface area contributed by atoms with E-state index in [9.17, 15) is 9.59 Å². The fraction of sp³-hybridized carbons (Fsp3) is 0.312. The van der Waals surface area contributed by atoms with Gasteiger partial charge in [-0.1, -0.05) is 12.1 Å². The molecular weight excluding hydrogens is 280 g/mol. The molecule has 2 rings (SSSR count). The molecule has 6 nitrogen and oxygen atoms in total. The van der Waals surface area contributed by atoms with Crippen LogP contribution in [0.3, 0.4) is 0 Å². The lowest BCUT2D eigenvalue weighted by Crippen LogP contribution is -2.42. The molecule has 0 unspecified atom stereocenters. The Morgan fingerprint density at radius 2 is 1.91 bits per heavy atom. The molecule has 0 aliphatic rings. The van der Waals surface area contributed by atoms with Crippen LogP contribution >= 0.6 is 0 Å². The van der Waals surface area contributed by atoms with E-state index in [2.05, 4.69) is 10.4 Å². The van der Waals surface area contributed by atoms with Gasteiger partial charge in [-0.05, 0) is 44.5 Å². The third-order valence-corrected chi connectivity index (χ3v) is 3.43. The molecule has 1 aromatic heterocycles. The number of carbonyl (C=O) groups excluding carboxylic acids is 2. The lowest BCUT2D eigenvalue weighted by Gasteiger charge is -2.10. The van der Waals surface area contributed by atoms with Crippen molar-refractivity contribution >= 4 is 11.8 Å². The van der Waals surface area contributed by atoms with Crippen LogP contribution in [0.4, 0.5) is 0 Å². The number of amides is 2. The van der Waals surface area contributed by atoms with E-state index in [4.69, 9.17) is 5.73 Å². The third kappa shape index (κ3) is 3.72. The zero-order chi connectivity index (χ0) is 16.3. The number of primary amides is 1. The summed E-state index contributed by atoms with van der Waals surface area (Å²) in [4.78, 5) is 22.9. The molecule has 1 atom stereocenters. The van der Waals surface area contributed by atoms with Crippen molar-refractivity contribution in [3.63, 3.8) is 0 Å². The van der Waals surface area contributed by atoms with E-state index in [1.54, 1.807) is 19.1 Å². The van der Waals surface area contributed by atoms with Crippen molar-refractivity contribution in [1.29, 1.82) is 0 Å². The number of benzene rings is 1. The van der Waals surface area contributed by atoms with Crippen LogP contribution in [0.5, 0.6) is 0 Å². The Bertz CT molecular complexity index is 689. The van der Waals surface area contributed by atoms with Crippen LogP contribution < -0.4 is 11.1 Å². The first-order valence-corrected chi connectivity index (χ1v) is 7.07. The molecule has 1 heterocycles. The summed E-state index contributed by atoms with van der Waals surface area (Å²) in [7, 11) is 0. The Morgan fingerprint density at radius 1 is 1.27 bits per heavy atom. The van der Waals surface area contributed by atoms with E-state index in [-0.39, 0.29) is 5.91 Å². The van der Waals surface area contributed by atoms with Crippen molar-refractivity contribution in [3.05, 3.63) is 52.8 Å². The molecule has 0 spiro atoms. The average Bonchev–Trinajstić information content (AvgIpc) is 2.77. The van der Waals surface area contributed by atoms with Gasteiger partial charge in [0.2, 0.25) is 5.91 Å². The summed E-state index contributed by atoms with van der Waals surface area (Å²) in [5, 5.41) is 6.95. The van der Waals surface area contributed by atoms with Crippen molar-refractivity contribution in [3.8, 4) is 0 Å². The van der Waals surface area contributed by atoms with Crippen LogP contribution in [0.25, 0.3) is 0 Å². The fourth-order valence-corrected chi connectivity index (χ4v) is 2.12. The largest absolute Gasteiger partial charge is 0.368 e. The van der Waals surface area contributed by atoms with Crippen molar-refractivity contribution < 1.29 is 9.59 Å². The van der Waals surface area contributed by atoms with E-state index >= 15 is 0 Å². The molecule has 6 heteroatoms. The Kier molecular flexibility index (Phi) is 4.60. The van der Waals surface area contributed by atoms with E-state index < -0.39 is 11.9 Å². The van der Waals surface area contributed by atoms with E-state index in [0.29, 0.717) is 12.1 Å². The maximum Gasteiger partial charge on any atom is 0.251 e. The number of aryl methyl sites for hydroxylation is 2. The van der Waals surface area contributed by atoms with Gasteiger partial charge >= 0.3 is 0 Å². The molecule has 22 heavy (non-hydrogen) atoms. The SMILES string of the molecule is Cc1cc(C)n(Cc2ccc(C(=O)N[C@@H](C)C(N)=O)cc2)n1. The summed E-state index contributed by atoms with van der Waals surface area (Å²) in [5.41, 5.74) is 8.74. The number of hydrogen-bond donors (Lipinski definition) is 2. The van der Waals surface area contributed by atoms with Crippen molar-refractivity contribution in [1.82, 2.24) is 15.1 Å². The number of hydrogen-bond acceptors (Lipinski definition) is 3. The molecule has 116 valence electrons. The second kappa shape index (κ2) is 6.43. The van der Waals surface area contributed by atoms with E-state index in [0.717, 1.165) is 17.0 Å². The number of nitrogens with zero attached hydrogens (tertiary/aromatic N) is 2. The first kappa shape index (κ1) is 15.8. The van der Waals surface area contributed by atoms with Crippen molar-refractivity contribution in [2.75, 3.05) is 0 Å². The zero-order valence-corrected chi connectivity index (χ0v) is 13.0. The molecule has 0 aliphatic carbocycles. The van der Waals surface area contributed by atoms with Crippen molar-refractivity contribution in [2.45, 2.75) is 33.4 Å². The molecule has 2 amide bonds. The summed E-state index contributed by atoms with van der Waals surface area (Å²) in [6, 6.07) is 8.53. The Balaban J connectivity index is 2.05. The quantitative estimate of drug-likeness (QED) is 0.868. The Labute approximate surface area is 129 Å². The van der Waals surface area contributed by atoms with Crippen LogP contribution in [-0.4, -0.2) is 27.6 Å². The van der Waals surface area contributed by atoms with Gasteiger partial charge in [0.1, 0.15) is 6.04 Å². The van der Waals surface area contributed by atoms with Gasteiger partial charge in [0, 0.05) is 11.3 Å². The predicted octanol–water partition coefficient (Wildman–Crippen LogP) is 1.15. The van der Waals surface area contributed by atoms with Crippen LogP contribution in [-0.2, 0) is 11.3 Å². The minimum absolute atomic E-state index is 0.316.